The summed E-state index contributed by atoms with van der Waals surface area (Å²) in [7, 11) is 1.35. The normalized spacial score (nSPS) is 11.1. The molecular weight excluding hydrogens is 203 g/mol. The van der Waals surface area contributed by atoms with Crippen LogP contribution in [0.5, 0.6) is 0 Å². The quantitative estimate of drug-likeness (QED) is 0.522. The zero-order chi connectivity index (χ0) is 10.1. The minimum atomic E-state index is -4.45. The van der Waals surface area contributed by atoms with Gasteiger partial charge in [0.05, 0.1) is 5.16 Å². The summed E-state index contributed by atoms with van der Waals surface area (Å²) in [5.74, 6) is 0.0299. The molecule has 0 unspecified atom stereocenters. The summed E-state index contributed by atoms with van der Waals surface area (Å²) >= 11 is 4.26. The van der Waals surface area contributed by atoms with Crippen LogP contribution in [0.25, 0.3) is 0 Å². The van der Waals surface area contributed by atoms with Gasteiger partial charge in [0, 0.05) is 13.1 Å². The zero-order valence-corrected chi connectivity index (χ0v) is 7.28. The molecule has 0 aliphatic heterocycles. The van der Waals surface area contributed by atoms with E-state index in [4.69, 9.17) is 0 Å². The first-order valence-electron chi connectivity index (χ1n) is 3.14. The van der Waals surface area contributed by atoms with Crippen molar-refractivity contribution >= 4 is 23.2 Å². The first-order chi connectivity index (χ1) is 5.95. The fourth-order valence-corrected chi connectivity index (χ4v) is 0.841. The predicted octanol–water partition coefficient (Wildman–Crippen LogP) is 2.17. The molecule has 70 valence electrons. The Morgan fingerprint density at radius 2 is 2.23 bits per heavy atom. The van der Waals surface area contributed by atoms with E-state index in [-0.39, 0.29) is 5.82 Å². The van der Waals surface area contributed by atoms with Crippen LogP contribution in [0, 0.1) is 0 Å². The maximum absolute atomic E-state index is 12.1. The van der Waals surface area contributed by atoms with E-state index >= 15 is 0 Å². The van der Waals surface area contributed by atoms with Crippen molar-refractivity contribution in [3.05, 3.63) is 11.8 Å². The number of aromatic nitrogens is 2. The lowest BCUT2D eigenvalue weighted by molar-refractivity contribution is -0.141. The lowest BCUT2D eigenvalue weighted by Crippen LogP contribution is -2.06. The molecule has 0 aliphatic carbocycles. The van der Waals surface area contributed by atoms with E-state index in [1.807, 2.05) is 5.16 Å². The highest BCUT2D eigenvalue weighted by Gasteiger charge is 2.34. The van der Waals surface area contributed by atoms with Gasteiger partial charge in [-0.25, -0.2) is 4.68 Å². The fraction of sp³-hybridized carbons (Fsp3) is 0.333. The molecule has 7 heteroatoms. The van der Waals surface area contributed by atoms with E-state index in [2.05, 4.69) is 22.3 Å². The van der Waals surface area contributed by atoms with Crippen LogP contribution in [0.2, 0.25) is 0 Å². The number of hydrogen-bond donors (Lipinski definition) is 0. The topological polar surface area (TPSA) is 30.2 Å². The molecule has 0 bridgehead atoms. The second-order valence-corrected chi connectivity index (χ2v) is 2.39. The molecule has 0 atom stereocenters. The Hall–Kier alpha value is -1.20. The van der Waals surface area contributed by atoms with Crippen molar-refractivity contribution in [2.24, 2.45) is 12.0 Å². The molecule has 0 aromatic carbocycles. The summed E-state index contributed by atoms with van der Waals surface area (Å²) in [4.78, 5) is 3.41. The molecule has 0 saturated heterocycles. The molecule has 1 rings (SSSR count). The van der Waals surface area contributed by atoms with E-state index < -0.39 is 11.9 Å². The summed E-state index contributed by atoms with van der Waals surface area (Å²) in [6.07, 6.45) is -4.45. The highest BCUT2D eigenvalue weighted by Crippen LogP contribution is 2.30. The number of hydrogen-bond acceptors (Lipinski definition) is 3. The van der Waals surface area contributed by atoms with E-state index in [9.17, 15) is 13.2 Å². The molecule has 1 heterocycles. The molecule has 0 fully saturated rings. The van der Waals surface area contributed by atoms with Gasteiger partial charge < -0.3 is 0 Å². The van der Waals surface area contributed by atoms with Gasteiger partial charge >= 0.3 is 6.18 Å². The molecule has 0 amide bonds. The molecule has 0 saturated carbocycles. The summed E-state index contributed by atoms with van der Waals surface area (Å²) in [5.41, 5.74) is -0.987. The van der Waals surface area contributed by atoms with Gasteiger partial charge in [0.15, 0.2) is 11.5 Å². The van der Waals surface area contributed by atoms with Crippen molar-refractivity contribution in [1.29, 1.82) is 0 Å². The zero-order valence-electron chi connectivity index (χ0n) is 6.46. The lowest BCUT2D eigenvalue weighted by Gasteiger charge is -1.98. The molecule has 0 radical (unpaired) electrons. The number of thiocarbonyl (C=S) groups is 1. The Bertz CT molecular complexity index is 362. The highest BCUT2D eigenvalue weighted by atomic mass is 32.1. The van der Waals surface area contributed by atoms with Gasteiger partial charge in [0.1, 0.15) is 0 Å². The highest BCUT2D eigenvalue weighted by molar-refractivity contribution is 7.78. The first-order valence-corrected chi connectivity index (χ1v) is 3.55. The molecule has 0 N–H and O–H groups in total. The van der Waals surface area contributed by atoms with Crippen molar-refractivity contribution in [3.63, 3.8) is 0 Å². The van der Waals surface area contributed by atoms with Crippen molar-refractivity contribution in [2.45, 2.75) is 6.18 Å². The van der Waals surface area contributed by atoms with E-state index in [0.29, 0.717) is 0 Å². The summed E-state index contributed by atoms with van der Waals surface area (Å²) < 4.78 is 37.2. The maximum atomic E-state index is 12.1. The number of halogens is 3. The van der Waals surface area contributed by atoms with Crippen molar-refractivity contribution in [3.8, 4) is 0 Å². The summed E-state index contributed by atoms with van der Waals surface area (Å²) in [6.45, 7) is 0. The van der Waals surface area contributed by atoms with Crippen LogP contribution in [-0.4, -0.2) is 14.9 Å². The van der Waals surface area contributed by atoms with Crippen LogP contribution in [0.4, 0.5) is 19.0 Å². The number of nitrogens with zero attached hydrogens (tertiary/aromatic N) is 3. The standard InChI is InChI=1S/C6H4F3N3S/c1-12-5(10-3-13)2-4(11-12)6(7,8)9/h2H,1H3. The SMILES string of the molecule is Cn1nc(C(F)(F)F)cc1N=C=S. The van der Waals surface area contributed by atoms with E-state index in [1.165, 1.54) is 7.05 Å². The average Bonchev–Trinajstić information content (AvgIpc) is 2.32. The molecule has 0 aliphatic rings. The van der Waals surface area contributed by atoms with Gasteiger partial charge in [-0.2, -0.15) is 23.3 Å². The maximum Gasteiger partial charge on any atom is 0.435 e. The number of isothiocyanates is 1. The van der Waals surface area contributed by atoms with Crippen molar-refractivity contribution in [1.82, 2.24) is 9.78 Å². The fourth-order valence-electron chi connectivity index (χ4n) is 0.747. The van der Waals surface area contributed by atoms with Crippen LogP contribution < -0.4 is 0 Å². The molecular formula is C6H4F3N3S. The lowest BCUT2D eigenvalue weighted by atomic mass is 10.4. The number of aryl methyl sites for hydroxylation is 1. The summed E-state index contributed by atoms with van der Waals surface area (Å²) in [5, 5.41) is 5.18. The molecule has 0 spiro atoms. The van der Waals surface area contributed by atoms with Crippen molar-refractivity contribution in [2.75, 3.05) is 0 Å². The number of rotatable bonds is 1. The minimum Gasteiger partial charge on any atom is -0.250 e. The van der Waals surface area contributed by atoms with Gasteiger partial charge in [-0.15, -0.1) is 0 Å². The van der Waals surface area contributed by atoms with Crippen LogP contribution in [-0.2, 0) is 13.2 Å². The monoisotopic (exact) mass is 207 g/mol. The smallest absolute Gasteiger partial charge is 0.250 e. The van der Waals surface area contributed by atoms with Gasteiger partial charge in [-0.3, -0.25) is 0 Å². The van der Waals surface area contributed by atoms with Gasteiger partial charge in [-0.05, 0) is 12.2 Å². The van der Waals surface area contributed by atoms with Gasteiger partial charge in [0.25, 0.3) is 0 Å². The van der Waals surface area contributed by atoms with E-state index in [1.54, 1.807) is 0 Å². The van der Waals surface area contributed by atoms with Crippen LogP contribution >= 0.6 is 12.2 Å². The van der Waals surface area contributed by atoms with Crippen LogP contribution in [0.15, 0.2) is 11.1 Å². The molecule has 1 aromatic rings. The minimum absolute atomic E-state index is 0.0299. The number of alkyl halides is 3. The number of aliphatic imine (C=N–C) groups is 1. The Kier molecular flexibility index (Phi) is 2.49. The molecule has 3 nitrogen and oxygen atoms in total. The Morgan fingerprint density at radius 3 is 2.62 bits per heavy atom. The largest absolute Gasteiger partial charge is 0.435 e. The summed E-state index contributed by atoms with van der Waals surface area (Å²) in [6, 6.07) is 0.805. The third-order valence-corrected chi connectivity index (χ3v) is 1.40. The molecule has 13 heavy (non-hydrogen) atoms. The van der Waals surface area contributed by atoms with Crippen molar-refractivity contribution < 1.29 is 13.2 Å². The second kappa shape index (κ2) is 3.27. The van der Waals surface area contributed by atoms with Crippen LogP contribution in [0.3, 0.4) is 0 Å². The Morgan fingerprint density at radius 1 is 1.62 bits per heavy atom. The third-order valence-electron chi connectivity index (χ3n) is 1.31. The Labute approximate surface area is 76.9 Å². The molecule has 1 aromatic heterocycles. The van der Waals surface area contributed by atoms with E-state index in [0.717, 1.165) is 10.7 Å². The predicted molar refractivity (Wildman–Crippen MR) is 42.9 cm³/mol. The Balaban J connectivity index is 3.16. The van der Waals surface area contributed by atoms with Gasteiger partial charge in [0.2, 0.25) is 0 Å². The van der Waals surface area contributed by atoms with Gasteiger partial charge in [-0.1, -0.05) is 0 Å². The average molecular weight is 207 g/mol. The van der Waals surface area contributed by atoms with Crippen LogP contribution in [0.1, 0.15) is 5.69 Å². The third kappa shape index (κ3) is 2.13. The second-order valence-electron chi connectivity index (χ2n) is 2.21. The first kappa shape index (κ1) is 9.88.